The quantitative estimate of drug-likeness (QED) is 0.827. The molecule has 1 saturated heterocycles. The van der Waals surface area contributed by atoms with Crippen LogP contribution in [0.4, 0.5) is 5.13 Å². The predicted octanol–water partition coefficient (Wildman–Crippen LogP) is 2.08. The van der Waals surface area contributed by atoms with E-state index in [0.29, 0.717) is 11.2 Å². The van der Waals surface area contributed by atoms with Crippen molar-refractivity contribution in [3.8, 4) is 0 Å². The number of hydrogen-bond acceptors (Lipinski definition) is 6. The summed E-state index contributed by atoms with van der Waals surface area (Å²) in [6, 6.07) is 0.647. The van der Waals surface area contributed by atoms with Crippen molar-refractivity contribution >= 4 is 28.9 Å². The first-order chi connectivity index (χ1) is 9.72. The summed E-state index contributed by atoms with van der Waals surface area (Å²) < 4.78 is 5.22. The zero-order valence-corrected chi connectivity index (χ0v) is 14.6. The molecule has 0 bridgehead atoms. The van der Waals surface area contributed by atoms with Crippen molar-refractivity contribution in [1.82, 2.24) is 14.8 Å². The van der Waals surface area contributed by atoms with E-state index in [-0.39, 0.29) is 12.4 Å². The zero-order valence-electron chi connectivity index (χ0n) is 13.0. The van der Waals surface area contributed by atoms with Crippen molar-refractivity contribution in [3.63, 3.8) is 0 Å². The fraction of sp³-hybridized carbons (Fsp3) is 0.786. The molecule has 0 saturated carbocycles. The molecule has 1 fully saturated rings. The number of ether oxygens (including phenoxy) is 1. The summed E-state index contributed by atoms with van der Waals surface area (Å²) in [6.45, 7) is 8.48. The van der Waals surface area contributed by atoms with Crippen LogP contribution in [0.3, 0.4) is 0 Å². The Hall–Kier alpha value is -0.400. The number of nitrogens with zero attached hydrogens (tertiary/aromatic N) is 3. The summed E-state index contributed by atoms with van der Waals surface area (Å²) in [4.78, 5) is 10.5. The molecule has 7 heteroatoms. The summed E-state index contributed by atoms with van der Waals surface area (Å²) in [5.74, 6) is 0. The van der Waals surface area contributed by atoms with Gasteiger partial charge < -0.3 is 10.5 Å². The van der Waals surface area contributed by atoms with Crippen molar-refractivity contribution in [2.75, 3.05) is 45.6 Å². The van der Waals surface area contributed by atoms with Crippen LogP contribution in [0.5, 0.6) is 0 Å². The maximum absolute atomic E-state index is 5.70. The van der Waals surface area contributed by atoms with E-state index in [1.54, 1.807) is 18.4 Å². The normalized spacial score (nSPS) is 20.4. The van der Waals surface area contributed by atoms with Crippen LogP contribution in [-0.4, -0.2) is 60.7 Å². The van der Waals surface area contributed by atoms with Gasteiger partial charge >= 0.3 is 0 Å². The molecule has 1 aromatic rings. The number of aromatic nitrogens is 1. The molecule has 1 unspecified atom stereocenters. The molecular weight excluding hydrogens is 308 g/mol. The molecule has 1 aliphatic heterocycles. The third-order valence-electron chi connectivity index (χ3n) is 3.84. The number of thiazole rings is 1. The van der Waals surface area contributed by atoms with Crippen molar-refractivity contribution in [2.45, 2.75) is 32.4 Å². The molecule has 0 aromatic carbocycles. The molecule has 21 heavy (non-hydrogen) atoms. The standard InChI is InChI=1S/C14H26N4OS.ClH/c1-3-4-12-10-17(5-6-18(12)7-8-19-2)11-13-9-16-14(15)20-13;/h9,12H,3-8,10-11H2,1-2H3,(H2,15,16);1H. The van der Waals surface area contributed by atoms with Gasteiger partial charge in [0.2, 0.25) is 0 Å². The molecule has 0 radical (unpaired) electrons. The Labute approximate surface area is 137 Å². The van der Waals surface area contributed by atoms with Gasteiger partial charge in [-0.3, -0.25) is 9.80 Å². The molecule has 5 nitrogen and oxygen atoms in total. The topological polar surface area (TPSA) is 54.6 Å². The molecule has 2 rings (SSSR count). The van der Waals surface area contributed by atoms with E-state index in [4.69, 9.17) is 10.5 Å². The number of halogens is 1. The van der Waals surface area contributed by atoms with Crippen LogP contribution >= 0.6 is 23.7 Å². The van der Waals surface area contributed by atoms with Gasteiger partial charge in [0.15, 0.2) is 5.13 Å². The van der Waals surface area contributed by atoms with Crippen LogP contribution in [0.1, 0.15) is 24.6 Å². The minimum atomic E-state index is 0. The highest BCUT2D eigenvalue weighted by Gasteiger charge is 2.26. The fourth-order valence-electron chi connectivity index (χ4n) is 2.83. The maximum Gasteiger partial charge on any atom is 0.180 e. The Bertz CT molecular complexity index is 404. The van der Waals surface area contributed by atoms with Gasteiger partial charge in [0.1, 0.15) is 0 Å². The van der Waals surface area contributed by atoms with Gasteiger partial charge in [-0.05, 0) is 6.42 Å². The second kappa shape index (κ2) is 9.58. The Balaban J connectivity index is 0.00000220. The van der Waals surface area contributed by atoms with E-state index in [2.05, 4.69) is 21.7 Å². The van der Waals surface area contributed by atoms with Gasteiger partial charge in [-0.1, -0.05) is 13.3 Å². The summed E-state index contributed by atoms with van der Waals surface area (Å²) >= 11 is 1.60. The first kappa shape index (κ1) is 18.6. The van der Waals surface area contributed by atoms with Gasteiger partial charge in [0.25, 0.3) is 0 Å². The minimum Gasteiger partial charge on any atom is -0.383 e. The van der Waals surface area contributed by atoms with Gasteiger partial charge in [0.05, 0.1) is 6.61 Å². The Morgan fingerprint density at radius 3 is 2.90 bits per heavy atom. The van der Waals surface area contributed by atoms with Gasteiger partial charge in [0, 0.05) is 56.9 Å². The zero-order chi connectivity index (χ0) is 14.4. The van der Waals surface area contributed by atoms with E-state index in [1.165, 1.54) is 17.7 Å². The Kier molecular flexibility index (Phi) is 8.51. The average molecular weight is 335 g/mol. The number of piperazine rings is 1. The van der Waals surface area contributed by atoms with Crippen molar-refractivity contribution < 1.29 is 4.74 Å². The predicted molar refractivity (Wildman–Crippen MR) is 91.2 cm³/mol. The van der Waals surface area contributed by atoms with E-state index in [0.717, 1.165) is 39.3 Å². The number of methoxy groups -OCH3 is 1. The van der Waals surface area contributed by atoms with Gasteiger partial charge in [-0.2, -0.15) is 0 Å². The number of rotatable bonds is 7. The van der Waals surface area contributed by atoms with Crippen LogP contribution in [0.25, 0.3) is 0 Å². The molecule has 0 amide bonds. The molecule has 1 aromatic heterocycles. The van der Waals surface area contributed by atoms with E-state index >= 15 is 0 Å². The van der Waals surface area contributed by atoms with E-state index < -0.39 is 0 Å². The average Bonchev–Trinajstić information content (AvgIpc) is 2.84. The number of anilines is 1. The number of hydrogen-bond donors (Lipinski definition) is 1. The SMILES string of the molecule is CCCC1CN(Cc2cnc(N)s2)CCN1CCOC.Cl. The van der Waals surface area contributed by atoms with E-state index in [1.807, 2.05) is 6.20 Å². The highest BCUT2D eigenvalue weighted by molar-refractivity contribution is 7.15. The number of nitrogen functional groups attached to an aromatic ring is 1. The largest absolute Gasteiger partial charge is 0.383 e. The highest BCUT2D eigenvalue weighted by Crippen LogP contribution is 2.20. The fourth-order valence-corrected chi connectivity index (χ4v) is 3.55. The smallest absolute Gasteiger partial charge is 0.180 e. The first-order valence-electron chi connectivity index (χ1n) is 7.38. The Morgan fingerprint density at radius 1 is 1.48 bits per heavy atom. The molecule has 122 valence electrons. The van der Waals surface area contributed by atoms with Crippen LogP contribution in [0, 0.1) is 0 Å². The lowest BCUT2D eigenvalue weighted by Gasteiger charge is -2.41. The first-order valence-corrected chi connectivity index (χ1v) is 8.20. The van der Waals surface area contributed by atoms with Crippen LogP contribution in [-0.2, 0) is 11.3 Å². The summed E-state index contributed by atoms with van der Waals surface area (Å²) in [5, 5.41) is 0.670. The summed E-state index contributed by atoms with van der Waals surface area (Å²) in [5.41, 5.74) is 5.70. The minimum absolute atomic E-state index is 0. The van der Waals surface area contributed by atoms with Gasteiger partial charge in [-0.25, -0.2) is 4.98 Å². The second-order valence-electron chi connectivity index (χ2n) is 5.37. The summed E-state index contributed by atoms with van der Waals surface area (Å²) in [6.07, 6.45) is 4.40. The third-order valence-corrected chi connectivity index (χ3v) is 4.66. The lowest BCUT2D eigenvalue weighted by molar-refractivity contribution is 0.0446. The third kappa shape index (κ3) is 5.71. The molecule has 0 aliphatic carbocycles. The monoisotopic (exact) mass is 334 g/mol. The lowest BCUT2D eigenvalue weighted by atomic mass is 10.1. The lowest BCUT2D eigenvalue weighted by Crippen LogP contribution is -2.53. The van der Waals surface area contributed by atoms with Crippen LogP contribution in [0.2, 0.25) is 0 Å². The molecule has 1 atom stereocenters. The molecule has 1 aliphatic rings. The maximum atomic E-state index is 5.70. The molecule has 2 heterocycles. The number of nitrogens with two attached hydrogens (primary N) is 1. The van der Waals surface area contributed by atoms with E-state index in [9.17, 15) is 0 Å². The van der Waals surface area contributed by atoms with Crippen molar-refractivity contribution in [3.05, 3.63) is 11.1 Å². The highest BCUT2D eigenvalue weighted by atomic mass is 35.5. The Morgan fingerprint density at radius 2 is 2.29 bits per heavy atom. The van der Waals surface area contributed by atoms with Crippen LogP contribution < -0.4 is 5.73 Å². The molecule has 2 N–H and O–H groups in total. The second-order valence-corrected chi connectivity index (χ2v) is 6.52. The van der Waals surface area contributed by atoms with Gasteiger partial charge in [-0.15, -0.1) is 23.7 Å². The summed E-state index contributed by atoms with van der Waals surface area (Å²) in [7, 11) is 1.78. The molecule has 0 spiro atoms. The van der Waals surface area contributed by atoms with Crippen molar-refractivity contribution in [2.24, 2.45) is 0 Å². The molecular formula is C14H27ClN4OS. The van der Waals surface area contributed by atoms with Crippen molar-refractivity contribution in [1.29, 1.82) is 0 Å². The van der Waals surface area contributed by atoms with Crippen LogP contribution in [0.15, 0.2) is 6.20 Å².